The van der Waals surface area contributed by atoms with Crippen LogP contribution in [0.5, 0.6) is 0 Å². The highest BCUT2D eigenvalue weighted by atomic mass is 79.9. The highest BCUT2D eigenvalue weighted by Gasteiger charge is 2.26. The van der Waals surface area contributed by atoms with Crippen molar-refractivity contribution in [2.75, 3.05) is 10.6 Å². The molecule has 0 unspecified atom stereocenters. The molecule has 1 fully saturated rings. The summed E-state index contributed by atoms with van der Waals surface area (Å²) in [6.45, 7) is 5.06. The standard InChI is InChI=1S/C18H23BrN4/c1-3-12(2)21-18-22-16(13-8-9-13)10-17(23-18)20-11-14-6-4-5-7-15(14)19/h4-7,10,12-13H,3,8-9,11H2,1-2H3,(H2,20,21,22,23)/t12-/m0/s1. The molecule has 1 aliphatic carbocycles. The summed E-state index contributed by atoms with van der Waals surface area (Å²) < 4.78 is 1.11. The molecule has 5 heteroatoms. The van der Waals surface area contributed by atoms with Crippen LogP contribution in [0, 0.1) is 0 Å². The Bertz CT molecular complexity index is 670. The number of nitrogens with one attached hydrogen (secondary N) is 2. The third kappa shape index (κ3) is 4.44. The number of hydrogen-bond donors (Lipinski definition) is 2. The van der Waals surface area contributed by atoms with Gasteiger partial charge in [-0.1, -0.05) is 41.1 Å². The molecule has 23 heavy (non-hydrogen) atoms. The molecule has 1 saturated carbocycles. The molecule has 4 nitrogen and oxygen atoms in total. The second-order valence-electron chi connectivity index (χ2n) is 6.17. The number of halogens is 1. The van der Waals surface area contributed by atoms with Crippen molar-refractivity contribution in [2.24, 2.45) is 0 Å². The summed E-state index contributed by atoms with van der Waals surface area (Å²) >= 11 is 3.59. The molecule has 1 aliphatic rings. The number of anilines is 2. The number of benzene rings is 1. The van der Waals surface area contributed by atoms with Crippen LogP contribution in [0.4, 0.5) is 11.8 Å². The van der Waals surface area contributed by atoms with Gasteiger partial charge in [0.2, 0.25) is 5.95 Å². The van der Waals surface area contributed by atoms with E-state index in [1.54, 1.807) is 0 Å². The smallest absolute Gasteiger partial charge is 0.225 e. The van der Waals surface area contributed by atoms with Gasteiger partial charge in [0.15, 0.2) is 0 Å². The van der Waals surface area contributed by atoms with E-state index in [0.717, 1.165) is 34.9 Å². The normalized spacial score (nSPS) is 15.3. The van der Waals surface area contributed by atoms with Crippen molar-refractivity contribution in [1.82, 2.24) is 9.97 Å². The Morgan fingerprint density at radius 3 is 2.74 bits per heavy atom. The van der Waals surface area contributed by atoms with Gasteiger partial charge < -0.3 is 10.6 Å². The van der Waals surface area contributed by atoms with Crippen molar-refractivity contribution in [1.29, 1.82) is 0 Å². The van der Waals surface area contributed by atoms with Crippen molar-refractivity contribution >= 4 is 27.7 Å². The summed E-state index contributed by atoms with van der Waals surface area (Å²) in [5.74, 6) is 2.24. The number of aromatic nitrogens is 2. The molecule has 2 aromatic rings. The zero-order valence-electron chi connectivity index (χ0n) is 13.6. The minimum absolute atomic E-state index is 0.376. The Labute approximate surface area is 146 Å². The molecular formula is C18H23BrN4. The van der Waals surface area contributed by atoms with Crippen molar-refractivity contribution in [2.45, 2.75) is 51.6 Å². The number of rotatable bonds is 7. The Morgan fingerprint density at radius 1 is 1.26 bits per heavy atom. The number of hydrogen-bond acceptors (Lipinski definition) is 4. The van der Waals surface area contributed by atoms with Crippen LogP contribution in [-0.2, 0) is 6.54 Å². The maximum absolute atomic E-state index is 4.68. The molecule has 1 heterocycles. The van der Waals surface area contributed by atoms with Crippen LogP contribution in [0.3, 0.4) is 0 Å². The van der Waals surface area contributed by atoms with Gasteiger partial charge in [-0.15, -0.1) is 0 Å². The molecule has 0 radical (unpaired) electrons. The Morgan fingerprint density at radius 2 is 2.04 bits per heavy atom. The molecule has 3 rings (SSSR count). The fourth-order valence-corrected chi connectivity index (χ4v) is 2.78. The van der Waals surface area contributed by atoms with Gasteiger partial charge in [-0.2, -0.15) is 4.98 Å². The maximum Gasteiger partial charge on any atom is 0.225 e. The molecular weight excluding hydrogens is 352 g/mol. The number of nitrogens with zero attached hydrogens (tertiary/aromatic N) is 2. The van der Waals surface area contributed by atoms with Crippen LogP contribution in [0.25, 0.3) is 0 Å². The molecule has 1 aromatic heterocycles. The third-order valence-corrected chi connectivity index (χ3v) is 4.92. The molecule has 0 saturated heterocycles. The van der Waals surface area contributed by atoms with E-state index in [2.05, 4.69) is 68.6 Å². The Hall–Kier alpha value is -1.62. The van der Waals surface area contributed by atoms with E-state index < -0.39 is 0 Å². The summed E-state index contributed by atoms with van der Waals surface area (Å²) in [5, 5.41) is 6.83. The molecule has 1 aromatic carbocycles. The van der Waals surface area contributed by atoms with Crippen molar-refractivity contribution in [3.05, 3.63) is 46.1 Å². The lowest BCUT2D eigenvalue weighted by molar-refractivity contribution is 0.750. The lowest BCUT2D eigenvalue weighted by atomic mass is 10.2. The van der Waals surface area contributed by atoms with Crippen molar-refractivity contribution in [3.8, 4) is 0 Å². The second kappa shape index (κ2) is 7.30. The molecule has 122 valence electrons. The van der Waals surface area contributed by atoms with Gasteiger partial charge in [-0.3, -0.25) is 0 Å². The average molecular weight is 375 g/mol. The second-order valence-corrected chi connectivity index (χ2v) is 7.03. The minimum Gasteiger partial charge on any atom is -0.366 e. The van der Waals surface area contributed by atoms with E-state index in [-0.39, 0.29) is 0 Å². The van der Waals surface area contributed by atoms with Gasteiger partial charge in [-0.25, -0.2) is 4.98 Å². The van der Waals surface area contributed by atoms with Crippen LogP contribution in [0.1, 0.15) is 50.3 Å². The summed E-state index contributed by atoms with van der Waals surface area (Å²) in [7, 11) is 0. The van der Waals surface area contributed by atoms with E-state index in [1.165, 1.54) is 18.4 Å². The molecule has 0 aliphatic heterocycles. The van der Waals surface area contributed by atoms with Gasteiger partial charge in [0.1, 0.15) is 5.82 Å². The van der Waals surface area contributed by atoms with Crippen molar-refractivity contribution < 1.29 is 0 Å². The zero-order valence-corrected chi connectivity index (χ0v) is 15.2. The van der Waals surface area contributed by atoms with E-state index in [9.17, 15) is 0 Å². The quantitative estimate of drug-likeness (QED) is 0.720. The van der Waals surface area contributed by atoms with Crippen molar-refractivity contribution in [3.63, 3.8) is 0 Å². The zero-order chi connectivity index (χ0) is 16.2. The lowest BCUT2D eigenvalue weighted by Crippen LogP contribution is -2.17. The minimum atomic E-state index is 0.376. The first kappa shape index (κ1) is 16.2. The van der Waals surface area contributed by atoms with Gasteiger partial charge in [0.25, 0.3) is 0 Å². The molecule has 0 spiro atoms. The van der Waals surface area contributed by atoms with E-state index in [1.807, 2.05) is 12.1 Å². The van der Waals surface area contributed by atoms with Crippen LogP contribution in [0.15, 0.2) is 34.8 Å². The fraction of sp³-hybridized carbons (Fsp3) is 0.444. The lowest BCUT2D eigenvalue weighted by Gasteiger charge is -2.14. The highest BCUT2D eigenvalue weighted by Crippen LogP contribution is 2.40. The first-order valence-electron chi connectivity index (χ1n) is 8.28. The van der Waals surface area contributed by atoms with Gasteiger partial charge >= 0.3 is 0 Å². The molecule has 0 bridgehead atoms. The Kier molecular flexibility index (Phi) is 5.16. The van der Waals surface area contributed by atoms with Gasteiger partial charge in [0.05, 0.1) is 5.69 Å². The van der Waals surface area contributed by atoms with Crippen LogP contribution < -0.4 is 10.6 Å². The first-order chi connectivity index (χ1) is 11.2. The van der Waals surface area contributed by atoms with Crippen LogP contribution in [-0.4, -0.2) is 16.0 Å². The third-order valence-electron chi connectivity index (χ3n) is 4.15. The summed E-state index contributed by atoms with van der Waals surface area (Å²) in [5.41, 5.74) is 2.37. The highest BCUT2D eigenvalue weighted by molar-refractivity contribution is 9.10. The molecule has 1 atom stereocenters. The van der Waals surface area contributed by atoms with E-state index >= 15 is 0 Å². The maximum atomic E-state index is 4.68. The fourth-order valence-electron chi connectivity index (χ4n) is 2.36. The van der Waals surface area contributed by atoms with Gasteiger partial charge in [-0.05, 0) is 37.8 Å². The largest absolute Gasteiger partial charge is 0.366 e. The first-order valence-corrected chi connectivity index (χ1v) is 9.07. The van der Waals surface area contributed by atoms with E-state index in [4.69, 9.17) is 0 Å². The summed E-state index contributed by atoms with van der Waals surface area (Å²) in [6.07, 6.45) is 3.53. The van der Waals surface area contributed by atoms with Gasteiger partial charge in [0, 0.05) is 29.0 Å². The Balaban J connectivity index is 1.76. The summed E-state index contributed by atoms with van der Waals surface area (Å²) in [6, 6.07) is 10.7. The average Bonchev–Trinajstić information content (AvgIpc) is 3.39. The molecule has 2 N–H and O–H groups in total. The predicted molar refractivity (Wildman–Crippen MR) is 98.9 cm³/mol. The van der Waals surface area contributed by atoms with E-state index in [0.29, 0.717) is 12.0 Å². The van der Waals surface area contributed by atoms with Crippen LogP contribution in [0.2, 0.25) is 0 Å². The summed E-state index contributed by atoms with van der Waals surface area (Å²) in [4.78, 5) is 9.31. The van der Waals surface area contributed by atoms with Crippen LogP contribution >= 0.6 is 15.9 Å². The topological polar surface area (TPSA) is 49.8 Å². The molecule has 0 amide bonds. The SMILES string of the molecule is CC[C@H](C)Nc1nc(NCc2ccccc2Br)cc(C2CC2)n1. The monoisotopic (exact) mass is 374 g/mol. The predicted octanol–water partition coefficient (Wildman–Crippen LogP) is 4.94.